The van der Waals surface area contributed by atoms with Crippen LogP contribution in [-0.4, -0.2) is 37.2 Å². The van der Waals surface area contributed by atoms with Gasteiger partial charge in [0.1, 0.15) is 13.2 Å². The minimum atomic E-state index is -0.783. The van der Waals surface area contributed by atoms with Gasteiger partial charge in [-0.15, -0.1) is 0 Å². The van der Waals surface area contributed by atoms with E-state index in [9.17, 15) is 14.4 Å². The first-order chi connectivity index (χ1) is 36.5. The van der Waals surface area contributed by atoms with Gasteiger partial charge in [-0.2, -0.15) is 0 Å². The maximum absolute atomic E-state index is 12.9. The van der Waals surface area contributed by atoms with Gasteiger partial charge in [0, 0.05) is 19.3 Å². The zero-order valence-electron chi connectivity index (χ0n) is 49.4. The molecule has 6 heteroatoms. The quantitative estimate of drug-likeness (QED) is 0.0261. The Hall–Kier alpha value is -2.89. The van der Waals surface area contributed by atoms with Crippen LogP contribution in [0.25, 0.3) is 0 Å². The first-order valence-electron chi connectivity index (χ1n) is 32.3. The SMILES string of the molecule is CCCCC/C=C\C/C=C\CCCCCCCCCC(=O)OC(COC(=O)CCCCCCC/C=C\CCCCCCCCC)COC(=O)CCCCCCCCCCCCC/C=C\C/C=C\CCCCCCC. The van der Waals surface area contributed by atoms with Crippen LogP contribution in [0, 0.1) is 0 Å². The average molecular weight is 1040 g/mol. The summed E-state index contributed by atoms with van der Waals surface area (Å²) in [5.41, 5.74) is 0. The molecule has 0 aliphatic carbocycles. The third-order valence-corrected chi connectivity index (χ3v) is 14.2. The van der Waals surface area contributed by atoms with E-state index in [1.54, 1.807) is 0 Å². The van der Waals surface area contributed by atoms with E-state index in [0.29, 0.717) is 19.3 Å². The third kappa shape index (κ3) is 60.0. The molecule has 0 N–H and O–H groups in total. The topological polar surface area (TPSA) is 78.9 Å². The first-order valence-corrected chi connectivity index (χ1v) is 32.3. The summed E-state index contributed by atoms with van der Waals surface area (Å²) in [6.07, 6.45) is 79.3. The number of allylic oxidation sites excluding steroid dienone is 10. The zero-order chi connectivity index (χ0) is 53.6. The lowest BCUT2D eigenvalue weighted by atomic mass is 10.0. The summed E-state index contributed by atoms with van der Waals surface area (Å²) < 4.78 is 16.9. The van der Waals surface area contributed by atoms with E-state index in [0.717, 1.165) is 83.5 Å². The molecule has 1 unspecified atom stereocenters. The van der Waals surface area contributed by atoms with Crippen molar-refractivity contribution in [3.8, 4) is 0 Å². The molecule has 0 aliphatic heterocycles. The van der Waals surface area contributed by atoms with Crippen LogP contribution in [0.1, 0.15) is 335 Å². The van der Waals surface area contributed by atoms with Gasteiger partial charge in [-0.1, -0.05) is 268 Å². The predicted molar refractivity (Wildman–Crippen MR) is 321 cm³/mol. The molecule has 0 bridgehead atoms. The van der Waals surface area contributed by atoms with Crippen molar-refractivity contribution in [3.63, 3.8) is 0 Å². The third-order valence-electron chi connectivity index (χ3n) is 14.2. The second-order valence-electron chi connectivity index (χ2n) is 21.7. The molecular formula is C68H122O6. The molecule has 0 heterocycles. The van der Waals surface area contributed by atoms with Crippen LogP contribution in [0.3, 0.4) is 0 Å². The molecule has 0 rings (SSSR count). The van der Waals surface area contributed by atoms with Gasteiger partial charge in [-0.25, -0.2) is 0 Å². The van der Waals surface area contributed by atoms with Crippen LogP contribution >= 0.6 is 0 Å². The first kappa shape index (κ1) is 71.1. The molecule has 0 aromatic rings. The Morgan fingerprint density at radius 3 is 0.784 bits per heavy atom. The van der Waals surface area contributed by atoms with Crippen molar-refractivity contribution >= 4 is 17.9 Å². The number of rotatable bonds is 59. The monoisotopic (exact) mass is 1030 g/mol. The van der Waals surface area contributed by atoms with Gasteiger partial charge in [0.2, 0.25) is 0 Å². The van der Waals surface area contributed by atoms with E-state index < -0.39 is 6.10 Å². The Morgan fingerprint density at radius 2 is 0.486 bits per heavy atom. The molecule has 0 amide bonds. The summed E-state index contributed by atoms with van der Waals surface area (Å²) in [5, 5.41) is 0. The minimum Gasteiger partial charge on any atom is -0.462 e. The van der Waals surface area contributed by atoms with Gasteiger partial charge >= 0.3 is 17.9 Å². The van der Waals surface area contributed by atoms with E-state index >= 15 is 0 Å². The van der Waals surface area contributed by atoms with Gasteiger partial charge in [0.25, 0.3) is 0 Å². The number of hydrogen-bond donors (Lipinski definition) is 0. The Morgan fingerprint density at radius 1 is 0.270 bits per heavy atom. The fourth-order valence-corrected chi connectivity index (χ4v) is 9.32. The molecular weight excluding hydrogens is 913 g/mol. The lowest BCUT2D eigenvalue weighted by molar-refractivity contribution is -0.167. The number of carbonyl (C=O) groups is 3. The van der Waals surface area contributed by atoms with E-state index in [4.69, 9.17) is 14.2 Å². The van der Waals surface area contributed by atoms with Crippen LogP contribution in [0.2, 0.25) is 0 Å². The van der Waals surface area contributed by atoms with Gasteiger partial charge in [-0.3, -0.25) is 14.4 Å². The largest absolute Gasteiger partial charge is 0.462 e. The highest BCUT2D eigenvalue weighted by atomic mass is 16.6. The van der Waals surface area contributed by atoms with Crippen molar-refractivity contribution in [2.75, 3.05) is 13.2 Å². The smallest absolute Gasteiger partial charge is 0.306 e. The summed E-state index contributed by atoms with van der Waals surface area (Å²) in [4.78, 5) is 38.3. The molecule has 430 valence electrons. The molecule has 74 heavy (non-hydrogen) atoms. The molecule has 0 saturated carbocycles. The summed E-state index contributed by atoms with van der Waals surface area (Å²) in [5.74, 6) is -0.881. The number of ether oxygens (including phenoxy) is 3. The van der Waals surface area contributed by atoms with Crippen LogP contribution in [0.5, 0.6) is 0 Å². The molecule has 0 spiro atoms. The summed E-state index contributed by atoms with van der Waals surface area (Å²) in [7, 11) is 0. The Bertz CT molecular complexity index is 1330. The van der Waals surface area contributed by atoms with Crippen molar-refractivity contribution < 1.29 is 28.6 Å². The van der Waals surface area contributed by atoms with Gasteiger partial charge in [0.15, 0.2) is 6.10 Å². The number of carbonyl (C=O) groups excluding carboxylic acids is 3. The molecule has 6 nitrogen and oxygen atoms in total. The summed E-state index contributed by atoms with van der Waals surface area (Å²) >= 11 is 0. The van der Waals surface area contributed by atoms with E-state index in [-0.39, 0.29) is 31.1 Å². The zero-order valence-corrected chi connectivity index (χ0v) is 49.4. The highest BCUT2D eigenvalue weighted by Gasteiger charge is 2.19. The van der Waals surface area contributed by atoms with E-state index in [1.807, 2.05) is 0 Å². The van der Waals surface area contributed by atoms with E-state index in [1.165, 1.54) is 212 Å². The van der Waals surface area contributed by atoms with Gasteiger partial charge < -0.3 is 14.2 Å². The molecule has 0 radical (unpaired) electrons. The highest BCUT2D eigenvalue weighted by Crippen LogP contribution is 2.16. The van der Waals surface area contributed by atoms with Crippen molar-refractivity contribution in [1.29, 1.82) is 0 Å². The highest BCUT2D eigenvalue weighted by molar-refractivity contribution is 5.71. The lowest BCUT2D eigenvalue weighted by Crippen LogP contribution is -2.30. The molecule has 0 aromatic carbocycles. The van der Waals surface area contributed by atoms with Gasteiger partial charge in [-0.05, 0) is 109 Å². The van der Waals surface area contributed by atoms with Crippen molar-refractivity contribution in [1.82, 2.24) is 0 Å². The van der Waals surface area contributed by atoms with Crippen LogP contribution in [0.15, 0.2) is 60.8 Å². The normalized spacial score (nSPS) is 12.4. The fourth-order valence-electron chi connectivity index (χ4n) is 9.32. The predicted octanol–water partition coefficient (Wildman–Crippen LogP) is 21.9. The van der Waals surface area contributed by atoms with Gasteiger partial charge in [0.05, 0.1) is 0 Å². The summed E-state index contributed by atoms with van der Waals surface area (Å²) in [6, 6.07) is 0. The number of unbranched alkanes of at least 4 members (excludes halogenated alkanes) is 38. The van der Waals surface area contributed by atoms with Crippen molar-refractivity contribution in [3.05, 3.63) is 60.8 Å². The minimum absolute atomic E-state index is 0.0794. The standard InChI is InChI=1S/C68H122O6/c1-4-7-10-13-16-19-22-25-28-31-32-33-34-35-36-38-40-43-46-49-52-55-58-61-67(70)73-64-65(63-72-66(69)60-57-54-51-48-45-42-39-30-27-24-21-18-15-12-9-6-3)74-68(71)62-59-56-53-50-47-44-41-37-29-26-23-20-17-14-11-8-5-2/h17,20,22,25-26,29-32,39,65H,4-16,18-19,21,23-24,27-28,33-38,40-64H2,1-3H3/b20-17-,25-22-,29-26-,32-31-,39-30-. The average Bonchev–Trinajstić information content (AvgIpc) is 3.40. The van der Waals surface area contributed by atoms with E-state index in [2.05, 4.69) is 81.5 Å². The van der Waals surface area contributed by atoms with Crippen LogP contribution in [-0.2, 0) is 28.6 Å². The number of esters is 3. The Labute approximate surface area is 460 Å². The second-order valence-corrected chi connectivity index (χ2v) is 21.7. The molecule has 0 saturated heterocycles. The molecule has 0 fully saturated rings. The van der Waals surface area contributed by atoms with Crippen molar-refractivity contribution in [2.24, 2.45) is 0 Å². The second kappa shape index (κ2) is 62.6. The fraction of sp³-hybridized carbons (Fsp3) is 0.809. The maximum Gasteiger partial charge on any atom is 0.306 e. The Kier molecular flexibility index (Phi) is 60.2. The number of hydrogen-bond acceptors (Lipinski definition) is 6. The Balaban J connectivity index is 4.35. The van der Waals surface area contributed by atoms with Crippen LogP contribution in [0.4, 0.5) is 0 Å². The lowest BCUT2D eigenvalue weighted by Gasteiger charge is -2.18. The maximum atomic E-state index is 12.9. The molecule has 0 aliphatic rings. The molecule has 1 atom stereocenters. The molecule has 0 aromatic heterocycles. The summed E-state index contributed by atoms with van der Waals surface area (Å²) in [6.45, 7) is 6.63. The van der Waals surface area contributed by atoms with Crippen LogP contribution < -0.4 is 0 Å². The van der Waals surface area contributed by atoms with Crippen molar-refractivity contribution in [2.45, 2.75) is 341 Å².